The van der Waals surface area contributed by atoms with E-state index >= 15 is 0 Å². The van der Waals surface area contributed by atoms with E-state index in [9.17, 15) is 34.8 Å². The number of aliphatic hydroxyl groups excluding tert-OH is 3. The molecule has 2 aliphatic heterocycles. The summed E-state index contributed by atoms with van der Waals surface area (Å²) in [5, 5.41) is 52.5. The standard InChI is InChI=1S/C41H64N4O11/c1-11-32-41(8,52)35(49)26(6)37(50)44-22(2)19-40(7,53-21-29(46)20-43-28-14-15-30-27(18-28)13-12-16-42-30)36(24(4)33(47)25(5)38(51)55-32)56-39-34(48)31(45(9)10)17-23(3)54-39/h12-16,18,22-26,29,31-32,34-36,39,43,46,48-49,52H,11,17,19-21H2,1-10H3,(H,44,50)/t22-,23-,24+,25-,26-,29?,31+,32-,34-,35-,36-,39+,40-,41-/m1/s1. The van der Waals surface area contributed by atoms with Crippen LogP contribution in [0.15, 0.2) is 36.5 Å². The number of ether oxygens (including phenoxy) is 4. The van der Waals surface area contributed by atoms with Crippen molar-refractivity contribution in [3.05, 3.63) is 36.5 Å². The highest BCUT2D eigenvalue weighted by Gasteiger charge is 2.51. The zero-order valence-corrected chi connectivity index (χ0v) is 34.5. The molecule has 2 saturated heterocycles. The SMILES string of the molecule is CC[C@H]1OC(=O)[C@H](C)C(=O)[C@H](C)[C@@H](O[C@@H]2O[C@H](C)C[C@H](N(C)C)[C@H]2O)[C@](C)(OCC(O)CNc2ccc3ncccc3c2)C[C@@H](C)NC(=O)[C@H](C)[C@@H](O)[C@]1(C)O. The number of nitrogens with one attached hydrogen (secondary N) is 2. The van der Waals surface area contributed by atoms with E-state index in [-0.39, 0.29) is 38.1 Å². The Bertz CT molecular complexity index is 1640. The largest absolute Gasteiger partial charge is 0.459 e. The minimum Gasteiger partial charge on any atom is -0.459 e. The first kappa shape index (κ1) is 45.4. The van der Waals surface area contributed by atoms with Crippen molar-refractivity contribution in [2.75, 3.05) is 32.6 Å². The monoisotopic (exact) mass is 788 g/mol. The third kappa shape index (κ3) is 10.6. The van der Waals surface area contributed by atoms with E-state index in [0.717, 1.165) is 16.6 Å². The fourth-order valence-corrected chi connectivity index (χ4v) is 8.00. The van der Waals surface area contributed by atoms with E-state index in [1.165, 1.54) is 20.8 Å². The fraction of sp³-hybridized carbons (Fsp3) is 0.707. The van der Waals surface area contributed by atoms with Crippen LogP contribution in [0, 0.1) is 17.8 Å². The number of esters is 1. The number of aromatic nitrogens is 1. The van der Waals surface area contributed by atoms with Crippen LogP contribution in [0.1, 0.15) is 74.7 Å². The van der Waals surface area contributed by atoms with Gasteiger partial charge in [-0.1, -0.05) is 26.8 Å². The minimum absolute atomic E-state index is 0.0178. The van der Waals surface area contributed by atoms with Crippen molar-refractivity contribution >= 4 is 34.3 Å². The molecule has 6 N–H and O–H groups in total. The fourth-order valence-electron chi connectivity index (χ4n) is 8.00. The minimum atomic E-state index is -2.04. The predicted octanol–water partition coefficient (Wildman–Crippen LogP) is 2.41. The molecule has 2 aromatic rings. The van der Waals surface area contributed by atoms with Crippen molar-refractivity contribution in [1.82, 2.24) is 15.2 Å². The molecule has 0 radical (unpaired) electrons. The highest BCUT2D eigenvalue weighted by atomic mass is 16.7. The summed E-state index contributed by atoms with van der Waals surface area (Å²) < 4.78 is 25.1. The van der Waals surface area contributed by atoms with Crippen molar-refractivity contribution in [1.29, 1.82) is 0 Å². The van der Waals surface area contributed by atoms with Gasteiger partial charge in [0.05, 0.1) is 48.1 Å². The average molecular weight is 789 g/mol. The number of amides is 1. The van der Waals surface area contributed by atoms with Crippen LogP contribution in [0.2, 0.25) is 0 Å². The van der Waals surface area contributed by atoms with Gasteiger partial charge in [0.25, 0.3) is 0 Å². The number of aliphatic hydroxyl groups is 4. The number of likely N-dealkylation sites (N-methyl/N-ethyl adjacent to an activating group) is 1. The van der Waals surface area contributed by atoms with Crippen molar-refractivity contribution in [2.45, 2.75) is 141 Å². The Labute approximate surface area is 330 Å². The normalized spacial score (nSPS) is 37.3. The molecule has 0 spiro atoms. The van der Waals surface area contributed by atoms with Gasteiger partial charge in [-0.25, -0.2) is 0 Å². The molecular formula is C41H64N4O11. The van der Waals surface area contributed by atoms with E-state index in [0.29, 0.717) is 6.42 Å². The van der Waals surface area contributed by atoms with Gasteiger partial charge in [0.2, 0.25) is 5.91 Å². The molecule has 4 rings (SSSR count). The third-order valence-electron chi connectivity index (χ3n) is 11.5. The lowest BCUT2D eigenvalue weighted by Gasteiger charge is -2.47. The number of pyridine rings is 1. The summed E-state index contributed by atoms with van der Waals surface area (Å²) in [5.41, 5.74) is -1.92. The smallest absolute Gasteiger partial charge is 0.316 e. The number of ketones is 1. The summed E-state index contributed by atoms with van der Waals surface area (Å²) in [6, 6.07) is 8.41. The first-order valence-electron chi connectivity index (χ1n) is 19.7. The van der Waals surface area contributed by atoms with Gasteiger partial charge in [0.1, 0.15) is 23.7 Å². The second-order valence-electron chi connectivity index (χ2n) is 16.5. The summed E-state index contributed by atoms with van der Waals surface area (Å²) in [6.07, 6.45) is -5.48. The number of anilines is 1. The van der Waals surface area contributed by atoms with Gasteiger partial charge in [0.15, 0.2) is 12.1 Å². The number of rotatable bonds is 10. The molecular weight excluding hydrogens is 724 g/mol. The quantitative estimate of drug-likeness (QED) is 0.151. The number of benzene rings is 1. The number of carbonyl (C=O) groups is 3. The number of Topliss-reactive ketones (excluding diaryl/α,β-unsaturated/α-hetero) is 1. The van der Waals surface area contributed by atoms with Gasteiger partial charge in [-0.05, 0) is 92.2 Å². The summed E-state index contributed by atoms with van der Waals surface area (Å²) in [4.78, 5) is 47.8. The van der Waals surface area contributed by atoms with Crippen LogP contribution >= 0.6 is 0 Å². The Hall–Kier alpha value is -3.28. The summed E-state index contributed by atoms with van der Waals surface area (Å²) >= 11 is 0. The van der Waals surface area contributed by atoms with E-state index in [2.05, 4.69) is 15.6 Å². The zero-order chi connectivity index (χ0) is 41.7. The summed E-state index contributed by atoms with van der Waals surface area (Å²) in [6.45, 7) is 12.5. The molecule has 1 unspecified atom stereocenters. The summed E-state index contributed by atoms with van der Waals surface area (Å²) in [5.74, 6) is -5.66. The third-order valence-corrected chi connectivity index (χ3v) is 11.5. The molecule has 15 nitrogen and oxygen atoms in total. The van der Waals surface area contributed by atoms with Crippen molar-refractivity contribution in [2.24, 2.45) is 17.8 Å². The summed E-state index contributed by atoms with van der Waals surface area (Å²) in [7, 11) is 3.68. The maximum atomic E-state index is 14.4. The first-order chi connectivity index (χ1) is 26.2. The van der Waals surface area contributed by atoms with Crippen LogP contribution in [0.5, 0.6) is 0 Å². The van der Waals surface area contributed by atoms with Crippen LogP contribution in [0.4, 0.5) is 5.69 Å². The molecule has 1 amide bonds. The Morgan fingerprint density at radius 2 is 1.77 bits per heavy atom. The maximum Gasteiger partial charge on any atom is 0.316 e. The molecule has 1 aromatic heterocycles. The number of hydrogen-bond acceptors (Lipinski definition) is 14. The first-order valence-corrected chi connectivity index (χ1v) is 19.7. The number of cyclic esters (lactones) is 1. The van der Waals surface area contributed by atoms with E-state index in [1.807, 2.05) is 56.3 Å². The molecule has 14 atom stereocenters. The highest BCUT2D eigenvalue weighted by molar-refractivity contribution is 6.00. The van der Waals surface area contributed by atoms with Crippen molar-refractivity contribution < 1.29 is 53.8 Å². The van der Waals surface area contributed by atoms with Gasteiger partial charge in [-0.2, -0.15) is 0 Å². The van der Waals surface area contributed by atoms with E-state index < -0.39 is 89.5 Å². The maximum absolute atomic E-state index is 14.4. The van der Waals surface area contributed by atoms with Gasteiger partial charge in [-0.3, -0.25) is 19.4 Å². The lowest BCUT2D eigenvalue weighted by atomic mass is 9.79. The Morgan fingerprint density at radius 3 is 2.43 bits per heavy atom. The van der Waals surface area contributed by atoms with Gasteiger partial charge in [0, 0.05) is 41.8 Å². The van der Waals surface area contributed by atoms with Crippen molar-refractivity contribution in [3.8, 4) is 0 Å². The van der Waals surface area contributed by atoms with E-state index in [1.54, 1.807) is 33.9 Å². The molecule has 56 heavy (non-hydrogen) atoms. The highest BCUT2D eigenvalue weighted by Crippen LogP contribution is 2.37. The molecule has 3 heterocycles. The zero-order valence-electron chi connectivity index (χ0n) is 34.5. The lowest BCUT2D eigenvalue weighted by Crippen LogP contribution is -2.60. The Kier molecular flexibility index (Phi) is 15.4. The predicted molar refractivity (Wildman–Crippen MR) is 209 cm³/mol. The van der Waals surface area contributed by atoms with Crippen LogP contribution in [0.25, 0.3) is 10.9 Å². The second kappa shape index (κ2) is 19.0. The van der Waals surface area contributed by atoms with Crippen LogP contribution in [0.3, 0.4) is 0 Å². The topological polar surface area (TPSA) is 209 Å². The molecule has 15 heteroatoms. The average Bonchev–Trinajstić information content (AvgIpc) is 3.15. The van der Waals surface area contributed by atoms with E-state index in [4.69, 9.17) is 18.9 Å². The molecule has 0 bridgehead atoms. The van der Waals surface area contributed by atoms with Crippen LogP contribution < -0.4 is 10.6 Å². The molecule has 2 aliphatic rings. The number of fused-ring (bicyclic) bond motifs is 1. The van der Waals surface area contributed by atoms with Gasteiger partial charge in [-0.15, -0.1) is 0 Å². The number of nitrogens with zero attached hydrogens (tertiary/aromatic N) is 2. The molecule has 314 valence electrons. The molecule has 2 fully saturated rings. The number of hydrogen-bond donors (Lipinski definition) is 6. The number of carbonyl (C=O) groups excluding carboxylic acids is 3. The van der Waals surface area contributed by atoms with Crippen molar-refractivity contribution in [3.63, 3.8) is 0 Å². The van der Waals surface area contributed by atoms with Crippen LogP contribution in [-0.4, -0.2) is 141 Å². The molecule has 1 aromatic carbocycles. The van der Waals surface area contributed by atoms with Gasteiger partial charge < -0.3 is 54.9 Å². The lowest BCUT2D eigenvalue weighted by molar-refractivity contribution is -0.298. The van der Waals surface area contributed by atoms with Gasteiger partial charge >= 0.3 is 5.97 Å². The molecule has 0 saturated carbocycles. The Morgan fingerprint density at radius 1 is 1.07 bits per heavy atom. The Balaban J connectivity index is 1.72. The second-order valence-corrected chi connectivity index (χ2v) is 16.5. The van der Waals surface area contributed by atoms with Crippen LogP contribution in [-0.2, 0) is 33.3 Å². The molecule has 0 aliphatic carbocycles.